The molecule has 0 fully saturated rings. The molecule has 14 heavy (non-hydrogen) atoms. The van der Waals surface area contributed by atoms with Crippen LogP contribution in [0.25, 0.3) is 0 Å². The third kappa shape index (κ3) is 3.92. The number of hydrogen-bond donors (Lipinski definition) is 1. The number of hydrogen-bond acceptors (Lipinski definition) is 3. The molecule has 0 spiro atoms. The molecule has 0 amide bonds. The summed E-state index contributed by atoms with van der Waals surface area (Å²) in [7, 11) is -3.93. The average Bonchev–Trinajstić information content (AvgIpc) is 2.16. The van der Waals surface area contributed by atoms with Gasteiger partial charge in [-0.3, -0.25) is 9.42 Å². The highest BCUT2D eigenvalue weighted by molar-refractivity contribution is 7.47. The molecule has 1 aromatic carbocycles. The van der Waals surface area contributed by atoms with E-state index in [2.05, 4.69) is 4.52 Å². The van der Waals surface area contributed by atoms with Gasteiger partial charge >= 0.3 is 7.82 Å². The molecule has 0 aliphatic carbocycles. The van der Waals surface area contributed by atoms with Crippen LogP contribution in [0.5, 0.6) is 5.75 Å². The third-order valence-corrected chi connectivity index (χ3v) is 2.37. The quantitative estimate of drug-likeness (QED) is 0.768. The minimum atomic E-state index is -3.93. The van der Waals surface area contributed by atoms with Crippen LogP contribution in [0.2, 0.25) is 0 Å². The number of rotatable bonds is 5. The monoisotopic (exact) mass is 216 g/mol. The maximum Gasteiger partial charge on any atom is 0.527 e. The van der Waals surface area contributed by atoms with Gasteiger partial charge in [-0.15, -0.1) is 0 Å². The summed E-state index contributed by atoms with van der Waals surface area (Å²) in [6, 6.07) is 8.42. The molecule has 0 aromatic heterocycles. The molecule has 4 nitrogen and oxygen atoms in total. The zero-order valence-electron chi connectivity index (χ0n) is 7.92. The minimum Gasteiger partial charge on any atom is -0.404 e. The van der Waals surface area contributed by atoms with Crippen LogP contribution in [-0.2, 0) is 9.09 Å². The van der Waals surface area contributed by atoms with Crippen molar-refractivity contribution in [3.05, 3.63) is 30.3 Å². The highest BCUT2D eigenvalue weighted by Gasteiger charge is 2.21. The number of benzene rings is 1. The molecule has 1 aromatic rings. The topological polar surface area (TPSA) is 55.8 Å². The van der Waals surface area contributed by atoms with Gasteiger partial charge in [0.05, 0.1) is 6.61 Å². The Morgan fingerprint density at radius 3 is 2.57 bits per heavy atom. The molecule has 0 aliphatic heterocycles. The smallest absolute Gasteiger partial charge is 0.404 e. The van der Waals surface area contributed by atoms with Crippen LogP contribution in [0.1, 0.15) is 13.3 Å². The molecular weight excluding hydrogens is 203 g/mol. The van der Waals surface area contributed by atoms with Crippen molar-refractivity contribution in [1.29, 1.82) is 0 Å². The fourth-order valence-electron chi connectivity index (χ4n) is 0.848. The van der Waals surface area contributed by atoms with Crippen molar-refractivity contribution >= 4 is 7.82 Å². The Hall–Kier alpha value is -0.830. The van der Waals surface area contributed by atoms with Crippen molar-refractivity contribution in [3.63, 3.8) is 0 Å². The molecule has 1 unspecified atom stereocenters. The van der Waals surface area contributed by atoms with E-state index in [4.69, 9.17) is 4.52 Å². The van der Waals surface area contributed by atoms with Gasteiger partial charge in [-0.1, -0.05) is 25.1 Å². The van der Waals surface area contributed by atoms with Crippen molar-refractivity contribution in [2.75, 3.05) is 6.61 Å². The summed E-state index contributed by atoms with van der Waals surface area (Å²) < 4.78 is 20.7. The summed E-state index contributed by atoms with van der Waals surface area (Å²) in [4.78, 5) is 9.21. The summed E-state index contributed by atoms with van der Waals surface area (Å²) in [6.45, 7) is 2.06. The number of phosphoric ester groups is 1. The van der Waals surface area contributed by atoms with E-state index in [1.807, 2.05) is 6.92 Å². The standard InChI is InChI=1S/C9H13O4P/c1-2-8-12-14(10,11)13-9-6-4-3-5-7-9/h3-7H,2,8H2,1H3,(H,10,11). The van der Waals surface area contributed by atoms with Crippen LogP contribution >= 0.6 is 7.82 Å². The normalized spacial score (nSPS) is 14.7. The van der Waals surface area contributed by atoms with Crippen molar-refractivity contribution in [2.45, 2.75) is 13.3 Å². The fourth-order valence-corrected chi connectivity index (χ4v) is 1.70. The van der Waals surface area contributed by atoms with Crippen LogP contribution < -0.4 is 4.52 Å². The van der Waals surface area contributed by atoms with Gasteiger partial charge in [0.2, 0.25) is 0 Å². The highest BCUT2D eigenvalue weighted by Crippen LogP contribution is 2.43. The lowest BCUT2D eigenvalue weighted by Crippen LogP contribution is -1.97. The van der Waals surface area contributed by atoms with Crippen molar-refractivity contribution in [2.24, 2.45) is 0 Å². The van der Waals surface area contributed by atoms with E-state index in [1.54, 1.807) is 30.3 Å². The first-order valence-corrected chi connectivity index (χ1v) is 5.85. The lowest BCUT2D eigenvalue weighted by molar-refractivity contribution is 0.203. The van der Waals surface area contributed by atoms with E-state index in [9.17, 15) is 9.46 Å². The van der Waals surface area contributed by atoms with E-state index >= 15 is 0 Å². The van der Waals surface area contributed by atoms with E-state index in [0.29, 0.717) is 12.2 Å². The Morgan fingerprint density at radius 2 is 2.00 bits per heavy atom. The Kier molecular flexibility index (Phi) is 4.14. The predicted octanol–water partition coefficient (Wildman–Crippen LogP) is 2.59. The minimum absolute atomic E-state index is 0.209. The lowest BCUT2D eigenvalue weighted by Gasteiger charge is -2.11. The third-order valence-electron chi connectivity index (χ3n) is 1.42. The van der Waals surface area contributed by atoms with Crippen molar-refractivity contribution in [1.82, 2.24) is 0 Å². The first-order valence-electron chi connectivity index (χ1n) is 4.36. The van der Waals surface area contributed by atoms with Crippen molar-refractivity contribution < 1.29 is 18.5 Å². The van der Waals surface area contributed by atoms with Crippen molar-refractivity contribution in [3.8, 4) is 5.75 Å². The molecule has 1 N–H and O–H groups in total. The second-order valence-corrected chi connectivity index (χ2v) is 4.08. The van der Waals surface area contributed by atoms with Crippen LogP contribution in [-0.4, -0.2) is 11.5 Å². The Morgan fingerprint density at radius 1 is 1.36 bits per heavy atom. The number of phosphoric acid groups is 1. The molecule has 5 heteroatoms. The van der Waals surface area contributed by atoms with E-state index < -0.39 is 7.82 Å². The van der Waals surface area contributed by atoms with E-state index in [1.165, 1.54) is 0 Å². The van der Waals surface area contributed by atoms with Gasteiger partial charge in [0.15, 0.2) is 0 Å². The summed E-state index contributed by atoms with van der Waals surface area (Å²) in [5, 5.41) is 0. The van der Waals surface area contributed by atoms with Crippen LogP contribution in [0.15, 0.2) is 30.3 Å². The maximum absolute atomic E-state index is 11.3. The van der Waals surface area contributed by atoms with Crippen LogP contribution in [0.4, 0.5) is 0 Å². The van der Waals surface area contributed by atoms with Gasteiger partial charge in [-0.25, -0.2) is 4.57 Å². The molecule has 0 saturated carbocycles. The van der Waals surface area contributed by atoms with Gasteiger partial charge in [0.1, 0.15) is 5.75 Å². The molecule has 1 rings (SSSR count). The van der Waals surface area contributed by atoms with Gasteiger partial charge < -0.3 is 4.52 Å². The molecule has 0 heterocycles. The molecule has 78 valence electrons. The largest absolute Gasteiger partial charge is 0.527 e. The second kappa shape index (κ2) is 5.15. The number of para-hydroxylation sites is 1. The molecular formula is C9H13O4P. The summed E-state index contributed by atoms with van der Waals surface area (Å²) in [6.07, 6.45) is 0.669. The van der Waals surface area contributed by atoms with Gasteiger partial charge in [-0.05, 0) is 18.6 Å². The van der Waals surface area contributed by atoms with Crippen LogP contribution in [0, 0.1) is 0 Å². The fraction of sp³-hybridized carbons (Fsp3) is 0.333. The predicted molar refractivity (Wildman–Crippen MR) is 53.1 cm³/mol. The molecule has 0 bridgehead atoms. The van der Waals surface area contributed by atoms with Gasteiger partial charge in [-0.2, -0.15) is 0 Å². The zero-order valence-corrected chi connectivity index (χ0v) is 8.81. The maximum atomic E-state index is 11.3. The second-order valence-electron chi connectivity index (χ2n) is 2.71. The van der Waals surface area contributed by atoms with E-state index in [0.717, 1.165) is 0 Å². The Balaban J connectivity index is 2.55. The molecule has 0 radical (unpaired) electrons. The summed E-state index contributed by atoms with van der Waals surface area (Å²) >= 11 is 0. The Labute approximate surface area is 83.1 Å². The lowest BCUT2D eigenvalue weighted by atomic mass is 10.3. The average molecular weight is 216 g/mol. The molecule has 0 saturated heterocycles. The first kappa shape index (κ1) is 11.2. The first-order chi connectivity index (χ1) is 6.64. The van der Waals surface area contributed by atoms with Gasteiger partial charge in [0, 0.05) is 0 Å². The Bertz CT molecular complexity index is 312. The summed E-state index contributed by atoms with van der Waals surface area (Å²) in [5.41, 5.74) is 0. The highest BCUT2D eigenvalue weighted by atomic mass is 31.2. The van der Waals surface area contributed by atoms with Crippen LogP contribution in [0.3, 0.4) is 0 Å². The van der Waals surface area contributed by atoms with Gasteiger partial charge in [0.25, 0.3) is 0 Å². The zero-order chi connectivity index (χ0) is 10.4. The molecule has 1 atom stereocenters. The SMILES string of the molecule is CCCOP(=O)(O)Oc1ccccc1. The molecule has 0 aliphatic rings. The van der Waals surface area contributed by atoms with E-state index in [-0.39, 0.29) is 6.61 Å². The summed E-state index contributed by atoms with van der Waals surface area (Å²) in [5.74, 6) is 0.328.